The normalized spacial score (nSPS) is 20.0. The van der Waals surface area contributed by atoms with Crippen LogP contribution in [0, 0.1) is 0 Å². The average molecular weight is 406 g/mol. The smallest absolute Gasteiger partial charge is 0.282 e. The van der Waals surface area contributed by atoms with Crippen LogP contribution in [0.3, 0.4) is 0 Å². The Kier molecular flexibility index (Phi) is 5.88. The van der Waals surface area contributed by atoms with E-state index in [1.165, 1.54) is 10.2 Å². The first-order chi connectivity index (χ1) is 12.1. The summed E-state index contributed by atoms with van der Waals surface area (Å²) in [6.45, 7) is 0.877. The molecule has 2 heterocycles. The van der Waals surface area contributed by atoms with Gasteiger partial charge in [-0.15, -0.1) is 0 Å². The average Bonchev–Trinajstić information content (AvgIpc) is 3.09. The van der Waals surface area contributed by atoms with Crippen LogP contribution in [-0.4, -0.2) is 29.4 Å². The molecule has 1 saturated heterocycles. The van der Waals surface area contributed by atoms with E-state index in [0.717, 1.165) is 31.5 Å². The summed E-state index contributed by atoms with van der Waals surface area (Å²) in [5.74, 6) is 0. The predicted molar refractivity (Wildman–Crippen MR) is 104 cm³/mol. The summed E-state index contributed by atoms with van der Waals surface area (Å²) in [5.41, 5.74) is 8.84. The fourth-order valence-corrected chi connectivity index (χ4v) is 3.84. The highest BCUT2D eigenvalue weighted by Crippen LogP contribution is 2.25. The highest BCUT2D eigenvalue weighted by molar-refractivity contribution is 9.10. The third-order valence-corrected chi connectivity index (χ3v) is 5.45. The first-order valence-corrected chi connectivity index (χ1v) is 9.34. The second-order valence-corrected chi connectivity index (χ2v) is 7.31. The van der Waals surface area contributed by atoms with E-state index in [1.54, 1.807) is 13.2 Å². The van der Waals surface area contributed by atoms with Crippen LogP contribution in [0.5, 0.6) is 0 Å². The Hall–Kier alpha value is -1.70. The number of aromatic nitrogens is 2. The van der Waals surface area contributed by atoms with E-state index >= 15 is 0 Å². The van der Waals surface area contributed by atoms with E-state index in [2.05, 4.69) is 61.0 Å². The minimum absolute atomic E-state index is 0.114. The zero-order valence-corrected chi connectivity index (χ0v) is 16.2. The van der Waals surface area contributed by atoms with Gasteiger partial charge in [0.05, 0.1) is 11.9 Å². The molecule has 1 fully saturated rings. The number of nitrogens with one attached hydrogen (secondary N) is 2. The van der Waals surface area contributed by atoms with Gasteiger partial charge in [-0.25, -0.2) is 4.68 Å². The number of hydrogen-bond acceptors (Lipinski definition) is 5. The largest absolute Gasteiger partial charge is 0.372 e. The lowest BCUT2D eigenvalue weighted by molar-refractivity contribution is 0.502. The molecule has 0 spiro atoms. The van der Waals surface area contributed by atoms with E-state index in [9.17, 15) is 4.79 Å². The summed E-state index contributed by atoms with van der Waals surface area (Å²) >= 11 is 3.39. The van der Waals surface area contributed by atoms with Gasteiger partial charge in [0.2, 0.25) is 0 Å². The van der Waals surface area contributed by atoms with Crippen molar-refractivity contribution in [3.63, 3.8) is 0 Å². The molecule has 6 nitrogen and oxygen atoms in total. The topological polar surface area (TPSA) is 62.2 Å². The van der Waals surface area contributed by atoms with Gasteiger partial charge in [-0.3, -0.25) is 15.6 Å². The number of rotatable bonds is 6. The zero-order chi connectivity index (χ0) is 17.8. The number of anilines is 1. The number of halogens is 1. The molecule has 0 aliphatic carbocycles. The first kappa shape index (κ1) is 18.1. The molecule has 2 N–H and O–H groups in total. The van der Waals surface area contributed by atoms with Gasteiger partial charge in [0, 0.05) is 32.7 Å². The molecule has 0 radical (unpaired) electrons. The van der Waals surface area contributed by atoms with Crippen LogP contribution >= 0.6 is 15.9 Å². The molecule has 134 valence electrons. The molecule has 1 aromatic heterocycles. The van der Waals surface area contributed by atoms with E-state index < -0.39 is 0 Å². The Morgan fingerprint density at radius 1 is 1.32 bits per heavy atom. The summed E-state index contributed by atoms with van der Waals surface area (Å²) in [7, 11) is 3.65. The number of hydrogen-bond donors (Lipinski definition) is 2. The van der Waals surface area contributed by atoms with Gasteiger partial charge >= 0.3 is 0 Å². The number of benzene rings is 1. The van der Waals surface area contributed by atoms with Gasteiger partial charge in [0.25, 0.3) is 5.56 Å². The lowest BCUT2D eigenvalue weighted by atomic mass is 10.00. The molecule has 2 atom stereocenters. The number of nitrogens with zero attached hydrogens (tertiary/aromatic N) is 3. The number of hydrazine groups is 1. The summed E-state index contributed by atoms with van der Waals surface area (Å²) in [4.78, 5) is 14.0. The van der Waals surface area contributed by atoms with Crippen LogP contribution in [0.2, 0.25) is 0 Å². The lowest BCUT2D eigenvalue weighted by Crippen LogP contribution is -2.32. The second-order valence-electron chi connectivity index (χ2n) is 6.52. The highest BCUT2D eigenvalue weighted by atomic mass is 79.9. The van der Waals surface area contributed by atoms with E-state index in [4.69, 9.17) is 0 Å². The van der Waals surface area contributed by atoms with E-state index in [1.807, 2.05) is 13.1 Å². The molecule has 7 heteroatoms. The van der Waals surface area contributed by atoms with Crippen molar-refractivity contribution in [2.45, 2.75) is 31.3 Å². The quantitative estimate of drug-likeness (QED) is 0.772. The van der Waals surface area contributed by atoms with Crippen LogP contribution in [0.1, 0.15) is 30.9 Å². The molecule has 3 rings (SSSR count). The molecule has 0 amide bonds. The summed E-state index contributed by atoms with van der Waals surface area (Å²) in [5, 5.41) is 4.10. The fourth-order valence-electron chi connectivity index (χ4n) is 3.18. The van der Waals surface area contributed by atoms with Crippen LogP contribution < -0.4 is 21.3 Å². The van der Waals surface area contributed by atoms with Crippen molar-refractivity contribution in [3.05, 3.63) is 56.9 Å². The number of aryl methyl sites for hydroxylation is 1. The minimum atomic E-state index is -0.114. The maximum absolute atomic E-state index is 12.0. The molecule has 25 heavy (non-hydrogen) atoms. The van der Waals surface area contributed by atoms with Gasteiger partial charge in [-0.1, -0.05) is 30.3 Å². The van der Waals surface area contributed by atoms with Gasteiger partial charge in [0.15, 0.2) is 0 Å². The minimum Gasteiger partial charge on any atom is -0.372 e. The van der Waals surface area contributed by atoms with Crippen LogP contribution in [0.25, 0.3) is 0 Å². The van der Waals surface area contributed by atoms with Crippen molar-refractivity contribution in [2.75, 3.05) is 18.5 Å². The lowest BCUT2D eigenvalue weighted by Gasteiger charge is -2.21. The Morgan fingerprint density at radius 3 is 2.84 bits per heavy atom. The fraction of sp³-hybridized carbons (Fsp3) is 0.444. The molecule has 0 saturated carbocycles. The highest BCUT2D eigenvalue weighted by Gasteiger charge is 2.24. The molecule has 2 unspecified atom stereocenters. The van der Waals surface area contributed by atoms with Gasteiger partial charge in [-0.2, -0.15) is 5.10 Å². The Bertz CT molecular complexity index is 764. The van der Waals surface area contributed by atoms with Crippen LogP contribution in [0.15, 0.2) is 45.8 Å². The van der Waals surface area contributed by atoms with E-state index in [-0.39, 0.29) is 5.56 Å². The zero-order valence-electron chi connectivity index (χ0n) is 14.6. The van der Waals surface area contributed by atoms with Crippen molar-refractivity contribution in [1.29, 1.82) is 0 Å². The molecular formula is C18H24BrN5O. The Labute approximate surface area is 156 Å². The summed E-state index contributed by atoms with van der Waals surface area (Å²) < 4.78 is 1.90. The third-order valence-electron chi connectivity index (χ3n) is 4.70. The molecule has 2 aromatic rings. The molecule has 1 aromatic carbocycles. The maximum Gasteiger partial charge on any atom is 0.282 e. The second kappa shape index (κ2) is 8.12. The maximum atomic E-state index is 12.0. The van der Waals surface area contributed by atoms with Crippen molar-refractivity contribution >= 4 is 21.6 Å². The Balaban J connectivity index is 1.49. The monoisotopic (exact) mass is 405 g/mol. The van der Waals surface area contributed by atoms with Crippen molar-refractivity contribution in [3.8, 4) is 0 Å². The molecule has 1 aliphatic heterocycles. The van der Waals surface area contributed by atoms with Crippen molar-refractivity contribution in [1.82, 2.24) is 20.6 Å². The van der Waals surface area contributed by atoms with Crippen LogP contribution in [0.4, 0.5) is 5.69 Å². The van der Waals surface area contributed by atoms with E-state index in [0.29, 0.717) is 16.6 Å². The van der Waals surface area contributed by atoms with Gasteiger partial charge in [-0.05, 0) is 40.8 Å². The molecule has 1 aliphatic rings. The Morgan fingerprint density at radius 2 is 2.08 bits per heavy atom. The van der Waals surface area contributed by atoms with Gasteiger partial charge < -0.3 is 4.90 Å². The standard InChI is InChI=1S/C18H24BrN5O/c1-23(16-12-20-24(2)18(25)17(16)19)10-6-9-14-11-15(22-21-14)13-7-4-3-5-8-13/h3-5,7-8,12,14-15,21-22H,6,9-11H2,1-2H3. The van der Waals surface area contributed by atoms with Gasteiger partial charge in [0.1, 0.15) is 4.47 Å². The summed E-state index contributed by atoms with van der Waals surface area (Å²) in [6, 6.07) is 11.4. The van der Waals surface area contributed by atoms with Crippen molar-refractivity contribution < 1.29 is 0 Å². The molecule has 0 bridgehead atoms. The third kappa shape index (κ3) is 4.29. The predicted octanol–water partition coefficient (Wildman–Crippen LogP) is 2.37. The molecular weight excluding hydrogens is 382 g/mol. The van der Waals surface area contributed by atoms with Crippen LogP contribution in [-0.2, 0) is 7.05 Å². The summed E-state index contributed by atoms with van der Waals surface area (Å²) in [6.07, 6.45) is 4.94. The SMILES string of the molecule is CN(CCCC1CC(c2ccccc2)NN1)c1cnn(C)c(=O)c1Br. The first-order valence-electron chi connectivity index (χ1n) is 8.55. The van der Waals surface area contributed by atoms with Crippen molar-refractivity contribution in [2.24, 2.45) is 7.05 Å².